The molecule has 5 rings (SSSR count). The average Bonchev–Trinajstić information content (AvgIpc) is 3.33. The summed E-state index contributed by atoms with van der Waals surface area (Å²) in [7, 11) is 0. The van der Waals surface area contributed by atoms with E-state index in [1.54, 1.807) is 0 Å². The molecule has 2 unspecified atom stereocenters. The smallest absolute Gasteiger partial charge is 0.432 e. The number of alkyl halides is 5. The number of carbonyl (C=O) groups is 1. The number of ether oxygens (including phenoxy) is 1. The van der Waals surface area contributed by atoms with Crippen molar-refractivity contribution < 1.29 is 35.9 Å². The van der Waals surface area contributed by atoms with Crippen LogP contribution in [-0.4, -0.2) is 56.8 Å². The molecular weight excluding hydrogens is 532 g/mol. The Hall–Kier alpha value is -4.09. The van der Waals surface area contributed by atoms with Crippen LogP contribution in [0.5, 0.6) is 5.75 Å². The number of piperidine rings is 1. The normalized spacial score (nSPS) is 19.8. The van der Waals surface area contributed by atoms with Gasteiger partial charge < -0.3 is 19.1 Å². The Morgan fingerprint density at radius 3 is 2.64 bits per heavy atom. The van der Waals surface area contributed by atoms with E-state index in [0.29, 0.717) is 25.2 Å². The highest BCUT2D eigenvalue weighted by atomic mass is 19.4. The molecule has 0 radical (unpaired) electrons. The van der Waals surface area contributed by atoms with Crippen molar-refractivity contribution in [2.75, 3.05) is 24.5 Å². The Morgan fingerprint density at radius 1 is 1.21 bits per heavy atom. The van der Waals surface area contributed by atoms with Gasteiger partial charge in [0.1, 0.15) is 11.6 Å². The molecule has 0 N–H and O–H groups in total. The molecule has 15 heteroatoms. The lowest BCUT2D eigenvalue weighted by atomic mass is 9.85. The Balaban J connectivity index is 1.35. The number of halogens is 6. The second-order valence-electron chi connectivity index (χ2n) is 9.45. The first-order chi connectivity index (χ1) is 18.5. The Bertz CT molecular complexity index is 1470. The third kappa shape index (κ3) is 4.79. The number of rotatable bonds is 4. The molecule has 1 aromatic carbocycles. The van der Waals surface area contributed by atoms with Gasteiger partial charge in [-0.15, -0.1) is 10.2 Å². The first-order valence-electron chi connectivity index (χ1n) is 12.0. The fourth-order valence-corrected chi connectivity index (χ4v) is 5.31. The van der Waals surface area contributed by atoms with E-state index in [-0.39, 0.29) is 53.8 Å². The van der Waals surface area contributed by atoms with Crippen LogP contribution in [0.15, 0.2) is 18.3 Å². The molecule has 2 atom stereocenters. The molecule has 2 aromatic heterocycles. The van der Waals surface area contributed by atoms with Crippen molar-refractivity contribution >= 4 is 22.5 Å². The minimum atomic E-state index is -4.64. The van der Waals surface area contributed by atoms with E-state index in [4.69, 9.17) is 0 Å². The zero-order chi connectivity index (χ0) is 28.1. The monoisotopic (exact) mass is 553 g/mol. The summed E-state index contributed by atoms with van der Waals surface area (Å²) in [6.45, 7) is -0.853. The number of nitriles is 1. The largest absolute Gasteiger partial charge is 0.451 e. The van der Waals surface area contributed by atoms with Gasteiger partial charge in [0, 0.05) is 43.7 Å². The van der Waals surface area contributed by atoms with Crippen LogP contribution in [-0.2, 0) is 24.1 Å². The SMILES string of the molecule is CC1CN(c2c(C#N)cnc3c(F)c(OC(F)F)ccc23)CCC1C(=O)N1CCn2c(nnc2C(F)(F)F)C1. The highest BCUT2D eigenvalue weighted by molar-refractivity contribution is 5.95. The predicted molar refractivity (Wildman–Crippen MR) is 123 cm³/mol. The first-order valence-corrected chi connectivity index (χ1v) is 12.0. The average molecular weight is 553 g/mol. The van der Waals surface area contributed by atoms with Gasteiger partial charge in [0.15, 0.2) is 17.4 Å². The van der Waals surface area contributed by atoms with Crippen molar-refractivity contribution in [3.05, 3.63) is 41.4 Å². The number of hydrogen-bond donors (Lipinski definition) is 0. The molecule has 1 fully saturated rings. The molecule has 4 heterocycles. The van der Waals surface area contributed by atoms with Gasteiger partial charge in [-0.3, -0.25) is 9.78 Å². The summed E-state index contributed by atoms with van der Waals surface area (Å²) in [6.07, 6.45) is -3.12. The minimum Gasteiger partial charge on any atom is -0.432 e. The van der Waals surface area contributed by atoms with E-state index >= 15 is 0 Å². The van der Waals surface area contributed by atoms with Gasteiger partial charge in [0.25, 0.3) is 0 Å². The number of pyridine rings is 1. The van der Waals surface area contributed by atoms with Crippen molar-refractivity contribution in [3.8, 4) is 11.8 Å². The zero-order valence-corrected chi connectivity index (χ0v) is 20.4. The van der Waals surface area contributed by atoms with Crippen LogP contribution in [0.25, 0.3) is 10.9 Å². The third-order valence-corrected chi connectivity index (χ3v) is 7.11. The number of anilines is 1. The lowest BCUT2D eigenvalue weighted by molar-refractivity contribution is -0.148. The summed E-state index contributed by atoms with van der Waals surface area (Å²) in [4.78, 5) is 20.6. The molecule has 2 aliphatic heterocycles. The maximum Gasteiger partial charge on any atom is 0.451 e. The molecule has 206 valence electrons. The molecule has 2 aliphatic rings. The van der Waals surface area contributed by atoms with E-state index in [1.165, 1.54) is 11.0 Å². The Morgan fingerprint density at radius 2 is 1.97 bits per heavy atom. The molecule has 0 aliphatic carbocycles. The van der Waals surface area contributed by atoms with Crippen LogP contribution in [0, 0.1) is 29.0 Å². The predicted octanol–water partition coefficient (Wildman–Crippen LogP) is 3.96. The van der Waals surface area contributed by atoms with Crippen LogP contribution >= 0.6 is 0 Å². The Kier molecular flexibility index (Phi) is 6.73. The second kappa shape index (κ2) is 9.90. The molecule has 0 spiro atoms. The van der Waals surface area contributed by atoms with E-state index in [0.717, 1.165) is 16.8 Å². The van der Waals surface area contributed by atoms with Crippen molar-refractivity contribution in [1.82, 2.24) is 24.6 Å². The highest BCUT2D eigenvalue weighted by Gasteiger charge is 2.41. The maximum atomic E-state index is 14.9. The summed E-state index contributed by atoms with van der Waals surface area (Å²) in [5, 5.41) is 16.8. The number of fused-ring (bicyclic) bond motifs is 2. The number of hydrogen-bond acceptors (Lipinski definition) is 7. The summed E-state index contributed by atoms with van der Waals surface area (Å²) < 4.78 is 84.8. The number of carbonyl (C=O) groups excluding carboxylic acids is 1. The van der Waals surface area contributed by atoms with E-state index in [9.17, 15) is 36.4 Å². The third-order valence-electron chi connectivity index (χ3n) is 7.11. The second-order valence-corrected chi connectivity index (χ2v) is 9.45. The van der Waals surface area contributed by atoms with Crippen molar-refractivity contribution in [3.63, 3.8) is 0 Å². The zero-order valence-electron chi connectivity index (χ0n) is 20.4. The fraction of sp³-hybridized carbons (Fsp3) is 0.458. The topological polar surface area (TPSA) is 100 Å². The van der Waals surface area contributed by atoms with Gasteiger partial charge >= 0.3 is 12.8 Å². The minimum absolute atomic E-state index is 0.0612. The van der Waals surface area contributed by atoms with Crippen LogP contribution in [0.2, 0.25) is 0 Å². The number of benzene rings is 1. The quantitative estimate of drug-likeness (QED) is 0.451. The van der Waals surface area contributed by atoms with Crippen LogP contribution in [0.3, 0.4) is 0 Å². The maximum absolute atomic E-state index is 14.9. The first kappa shape index (κ1) is 26.5. The summed E-state index contributed by atoms with van der Waals surface area (Å²) in [5.74, 6) is -3.68. The fourth-order valence-electron chi connectivity index (χ4n) is 5.31. The molecule has 1 amide bonds. The van der Waals surface area contributed by atoms with Crippen LogP contribution in [0.1, 0.15) is 30.6 Å². The molecule has 39 heavy (non-hydrogen) atoms. The highest BCUT2D eigenvalue weighted by Crippen LogP contribution is 2.38. The van der Waals surface area contributed by atoms with Gasteiger partial charge in [-0.2, -0.15) is 27.2 Å². The standard InChI is InChI=1S/C24H21F6N7O2/c1-12-10-35(20-13(8-31)9-32-19-15(20)2-3-16(18(19)25)39-23(26)27)5-4-14(12)21(38)36-6-7-37-17(11-36)33-34-22(37)24(28,29)30/h2-3,9,12,14,23H,4-7,10-11H2,1H3. The van der Waals surface area contributed by atoms with E-state index in [2.05, 4.69) is 19.9 Å². The van der Waals surface area contributed by atoms with Gasteiger partial charge in [-0.1, -0.05) is 6.92 Å². The van der Waals surface area contributed by atoms with Crippen molar-refractivity contribution in [2.45, 2.75) is 39.2 Å². The lowest BCUT2D eigenvalue weighted by Gasteiger charge is -2.40. The summed E-state index contributed by atoms with van der Waals surface area (Å²) in [6, 6.07) is 4.44. The van der Waals surface area contributed by atoms with Gasteiger partial charge in [-0.25, -0.2) is 4.39 Å². The number of aromatic nitrogens is 4. The van der Waals surface area contributed by atoms with Crippen LogP contribution in [0.4, 0.5) is 32.0 Å². The number of nitrogens with zero attached hydrogens (tertiary/aromatic N) is 7. The number of amides is 1. The van der Waals surface area contributed by atoms with Gasteiger partial charge in [0.05, 0.1) is 17.8 Å². The molecule has 0 bridgehead atoms. The van der Waals surface area contributed by atoms with Crippen molar-refractivity contribution in [2.24, 2.45) is 11.8 Å². The molecule has 1 saturated heterocycles. The summed E-state index contributed by atoms with van der Waals surface area (Å²) in [5.41, 5.74) is 0.286. The molecular formula is C24H21F6N7O2. The van der Waals surface area contributed by atoms with E-state index in [1.807, 2.05) is 17.9 Å². The van der Waals surface area contributed by atoms with Gasteiger partial charge in [0.2, 0.25) is 11.7 Å². The van der Waals surface area contributed by atoms with Crippen molar-refractivity contribution in [1.29, 1.82) is 5.26 Å². The van der Waals surface area contributed by atoms with E-state index < -0.39 is 36.1 Å². The molecule has 3 aromatic rings. The van der Waals surface area contributed by atoms with Crippen LogP contribution < -0.4 is 9.64 Å². The van der Waals surface area contributed by atoms with Gasteiger partial charge in [-0.05, 0) is 24.5 Å². The lowest BCUT2D eigenvalue weighted by Crippen LogP contribution is -2.49. The summed E-state index contributed by atoms with van der Waals surface area (Å²) >= 11 is 0. The molecule has 9 nitrogen and oxygen atoms in total. The Labute approximate surface area is 217 Å². The molecule has 0 saturated carbocycles.